The van der Waals surface area contributed by atoms with Crippen molar-refractivity contribution in [2.75, 3.05) is 46.9 Å². The van der Waals surface area contributed by atoms with Crippen LogP contribution in [0.25, 0.3) is 0 Å². The van der Waals surface area contributed by atoms with Crippen molar-refractivity contribution in [1.82, 2.24) is 10.2 Å². The van der Waals surface area contributed by atoms with Gasteiger partial charge in [-0.15, -0.1) is 0 Å². The number of methoxy groups -OCH3 is 1. The van der Waals surface area contributed by atoms with Gasteiger partial charge in [-0.1, -0.05) is 26.7 Å². The normalized spacial score (nSPS) is 18.6. The maximum absolute atomic E-state index is 5.04. The first-order chi connectivity index (χ1) is 9.08. The minimum Gasteiger partial charge on any atom is -0.383 e. The van der Waals surface area contributed by atoms with Crippen LogP contribution in [-0.4, -0.2) is 51.8 Å². The van der Waals surface area contributed by atoms with Crippen molar-refractivity contribution in [3.63, 3.8) is 0 Å². The van der Waals surface area contributed by atoms with E-state index in [0.717, 1.165) is 32.2 Å². The van der Waals surface area contributed by atoms with Gasteiger partial charge in [0, 0.05) is 33.3 Å². The zero-order valence-corrected chi connectivity index (χ0v) is 13.5. The van der Waals surface area contributed by atoms with Crippen LogP contribution in [0.15, 0.2) is 0 Å². The zero-order valence-electron chi connectivity index (χ0n) is 13.5. The van der Waals surface area contributed by atoms with Crippen LogP contribution in [0.3, 0.4) is 0 Å². The topological polar surface area (TPSA) is 24.5 Å². The molecule has 0 atom stereocenters. The number of ether oxygens (including phenoxy) is 1. The highest BCUT2D eigenvalue weighted by Gasteiger charge is 2.35. The van der Waals surface area contributed by atoms with Gasteiger partial charge in [-0.05, 0) is 37.6 Å². The Morgan fingerprint density at radius 2 is 1.89 bits per heavy atom. The van der Waals surface area contributed by atoms with E-state index in [4.69, 9.17) is 4.74 Å². The van der Waals surface area contributed by atoms with E-state index in [1.54, 1.807) is 7.11 Å². The van der Waals surface area contributed by atoms with Gasteiger partial charge in [0.15, 0.2) is 0 Å². The summed E-state index contributed by atoms with van der Waals surface area (Å²) in [6.07, 6.45) is 7.15. The quantitative estimate of drug-likeness (QED) is 0.618. The van der Waals surface area contributed by atoms with Crippen molar-refractivity contribution >= 4 is 0 Å². The van der Waals surface area contributed by atoms with Gasteiger partial charge in [-0.2, -0.15) is 0 Å². The molecule has 1 N–H and O–H groups in total. The lowest BCUT2D eigenvalue weighted by Crippen LogP contribution is -2.38. The summed E-state index contributed by atoms with van der Waals surface area (Å²) in [5.74, 6) is 0.825. The Labute approximate surface area is 120 Å². The zero-order chi connectivity index (χ0) is 14.1. The number of rotatable bonds is 10. The summed E-state index contributed by atoms with van der Waals surface area (Å²) in [6, 6.07) is 0. The molecular weight excluding hydrogens is 236 g/mol. The lowest BCUT2D eigenvalue weighted by atomic mass is 9.78. The molecule has 114 valence electrons. The summed E-state index contributed by atoms with van der Waals surface area (Å²) in [5.41, 5.74) is 0.607. The number of nitrogens with one attached hydrogen (secondary N) is 1. The monoisotopic (exact) mass is 270 g/mol. The smallest absolute Gasteiger partial charge is 0.0587 e. The summed E-state index contributed by atoms with van der Waals surface area (Å²) in [7, 11) is 4.03. The summed E-state index contributed by atoms with van der Waals surface area (Å²) in [4.78, 5) is 2.52. The fourth-order valence-corrected chi connectivity index (χ4v) is 3.64. The second-order valence-corrected chi connectivity index (χ2v) is 6.79. The molecule has 0 heterocycles. The molecule has 1 aliphatic rings. The van der Waals surface area contributed by atoms with E-state index in [-0.39, 0.29) is 0 Å². The van der Waals surface area contributed by atoms with Gasteiger partial charge in [-0.25, -0.2) is 0 Å². The van der Waals surface area contributed by atoms with E-state index < -0.39 is 0 Å². The number of hydrogen-bond donors (Lipinski definition) is 1. The van der Waals surface area contributed by atoms with Gasteiger partial charge >= 0.3 is 0 Å². The van der Waals surface area contributed by atoms with Gasteiger partial charge in [0.2, 0.25) is 0 Å². The van der Waals surface area contributed by atoms with Gasteiger partial charge in [0.1, 0.15) is 0 Å². The number of hydrogen-bond acceptors (Lipinski definition) is 3. The van der Waals surface area contributed by atoms with Crippen LogP contribution in [0.4, 0.5) is 0 Å². The van der Waals surface area contributed by atoms with Crippen LogP contribution in [0.5, 0.6) is 0 Å². The molecule has 1 rings (SSSR count). The summed E-state index contributed by atoms with van der Waals surface area (Å²) < 4.78 is 5.04. The summed E-state index contributed by atoms with van der Waals surface area (Å²) >= 11 is 0. The third-order valence-electron chi connectivity index (χ3n) is 4.26. The maximum Gasteiger partial charge on any atom is 0.0587 e. The summed E-state index contributed by atoms with van der Waals surface area (Å²) in [6.45, 7) is 9.99. The second-order valence-electron chi connectivity index (χ2n) is 6.79. The largest absolute Gasteiger partial charge is 0.383 e. The fraction of sp³-hybridized carbons (Fsp3) is 1.00. The summed E-state index contributed by atoms with van der Waals surface area (Å²) in [5, 5.41) is 3.43. The first-order valence-corrected chi connectivity index (χ1v) is 7.96. The standard InChI is InChI=1S/C16H34N2O/c1-15(2)13-16(7-5-6-8-16)14-18(3)11-9-17-10-12-19-4/h15,17H,5-14H2,1-4H3. The van der Waals surface area contributed by atoms with Gasteiger partial charge < -0.3 is 15.0 Å². The average Bonchev–Trinajstić information content (AvgIpc) is 2.76. The van der Waals surface area contributed by atoms with Crippen molar-refractivity contribution in [2.45, 2.75) is 46.0 Å². The molecule has 0 saturated heterocycles. The van der Waals surface area contributed by atoms with Crippen LogP contribution < -0.4 is 5.32 Å². The van der Waals surface area contributed by atoms with Crippen LogP contribution in [0.1, 0.15) is 46.0 Å². The molecule has 3 nitrogen and oxygen atoms in total. The number of nitrogens with zero attached hydrogens (tertiary/aromatic N) is 1. The molecule has 1 fully saturated rings. The van der Waals surface area contributed by atoms with Crippen molar-refractivity contribution < 1.29 is 4.74 Å². The maximum atomic E-state index is 5.04. The molecule has 1 aliphatic carbocycles. The molecule has 0 bridgehead atoms. The van der Waals surface area contributed by atoms with Gasteiger partial charge in [0.25, 0.3) is 0 Å². The molecule has 0 aliphatic heterocycles. The highest BCUT2D eigenvalue weighted by atomic mass is 16.5. The minimum absolute atomic E-state index is 0.607. The Balaban J connectivity index is 2.25. The Morgan fingerprint density at radius 3 is 2.47 bits per heavy atom. The molecule has 0 aromatic rings. The minimum atomic E-state index is 0.607. The first-order valence-electron chi connectivity index (χ1n) is 7.96. The van der Waals surface area contributed by atoms with Crippen molar-refractivity contribution in [1.29, 1.82) is 0 Å². The van der Waals surface area contributed by atoms with E-state index in [1.807, 2.05) is 0 Å². The Morgan fingerprint density at radius 1 is 1.21 bits per heavy atom. The third kappa shape index (κ3) is 6.73. The van der Waals surface area contributed by atoms with Crippen LogP contribution >= 0.6 is 0 Å². The molecule has 0 aromatic heterocycles. The average molecular weight is 270 g/mol. The van der Waals surface area contributed by atoms with E-state index in [9.17, 15) is 0 Å². The first kappa shape index (κ1) is 16.9. The van der Waals surface area contributed by atoms with E-state index >= 15 is 0 Å². The molecule has 0 aromatic carbocycles. The molecule has 0 radical (unpaired) electrons. The predicted octanol–water partition coefficient (Wildman–Crippen LogP) is 2.76. The van der Waals surface area contributed by atoms with Crippen LogP contribution in [0.2, 0.25) is 0 Å². The van der Waals surface area contributed by atoms with Gasteiger partial charge in [-0.3, -0.25) is 0 Å². The molecule has 0 amide bonds. The van der Waals surface area contributed by atoms with Crippen LogP contribution in [0, 0.1) is 11.3 Å². The number of likely N-dealkylation sites (N-methyl/N-ethyl adjacent to an activating group) is 1. The highest BCUT2D eigenvalue weighted by molar-refractivity contribution is 4.87. The Bertz CT molecular complexity index is 225. The van der Waals surface area contributed by atoms with Crippen molar-refractivity contribution in [2.24, 2.45) is 11.3 Å². The molecule has 0 spiro atoms. The second kappa shape index (κ2) is 8.93. The lowest BCUT2D eigenvalue weighted by molar-refractivity contribution is 0.146. The molecular formula is C16H34N2O. The Hall–Kier alpha value is -0.120. The van der Waals surface area contributed by atoms with Gasteiger partial charge in [0.05, 0.1) is 6.61 Å². The van der Waals surface area contributed by atoms with Crippen molar-refractivity contribution in [3.8, 4) is 0 Å². The van der Waals surface area contributed by atoms with E-state index in [1.165, 1.54) is 38.6 Å². The molecule has 3 heteroatoms. The Kier molecular flexibility index (Phi) is 7.96. The fourth-order valence-electron chi connectivity index (χ4n) is 3.64. The van der Waals surface area contributed by atoms with Crippen LogP contribution in [-0.2, 0) is 4.74 Å². The lowest BCUT2D eigenvalue weighted by Gasteiger charge is -2.35. The third-order valence-corrected chi connectivity index (χ3v) is 4.26. The molecule has 19 heavy (non-hydrogen) atoms. The van der Waals surface area contributed by atoms with E-state index in [2.05, 4.69) is 31.1 Å². The van der Waals surface area contributed by atoms with E-state index in [0.29, 0.717) is 5.41 Å². The SMILES string of the molecule is COCCNCCN(C)CC1(CC(C)C)CCCC1. The molecule has 1 saturated carbocycles. The highest BCUT2D eigenvalue weighted by Crippen LogP contribution is 2.43. The molecule has 0 unspecified atom stereocenters. The van der Waals surface area contributed by atoms with Crippen molar-refractivity contribution in [3.05, 3.63) is 0 Å². The predicted molar refractivity (Wildman–Crippen MR) is 82.6 cm³/mol.